The van der Waals surface area contributed by atoms with Gasteiger partial charge in [-0.05, 0) is 57.2 Å². The summed E-state index contributed by atoms with van der Waals surface area (Å²) in [7, 11) is 0. The van der Waals surface area contributed by atoms with Crippen molar-refractivity contribution >= 4 is 61.8 Å². The summed E-state index contributed by atoms with van der Waals surface area (Å²) in [6.07, 6.45) is 2.70. The topological polar surface area (TPSA) is 155 Å². The fourth-order valence-electron chi connectivity index (χ4n) is 4.10. The molecule has 0 bridgehead atoms. The third-order valence-electron chi connectivity index (χ3n) is 5.83. The molecule has 12 nitrogen and oxygen atoms in total. The Morgan fingerprint density at radius 3 is 2.70 bits per heavy atom. The molecule has 0 unspecified atom stereocenters. The van der Waals surface area contributed by atoms with Crippen LogP contribution in [0.25, 0.3) is 33.2 Å². The Balaban J connectivity index is 1.35. The molecule has 0 aliphatic heterocycles. The average molecular weight is 554 g/mol. The van der Waals surface area contributed by atoms with Crippen LogP contribution < -0.4 is 10.2 Å². The maximum absolute atomic E-state index is 13.4. The van der Waals surface area contributed by atoms with Gasteiger partial charge in [-0.25, -0.2) is 19.7 Å². The summed E-state index contributed by atoms with van der Waals surface area (Å²) in [6, 6.07) is 14.5. The number of H-pyrrole nitrogens is 2. The average Bonchev–Trinajstić information content (AvgIpc) is 3.68. The van der Waals surface area contributed by atoms with E-state index in [1.807, 2.05) is 51.1 Å². The first-order valence-corrected chi connectivity index (χ1v) is 13.1. The van der Waals surface area contributed by atoms with Crippen molar-refractivity contribution in [2.24, 2.45) is 0 Å². The van der Waals surface area contributed by atoms with Crippen LogP contribution in [-0.2, 0) is 4.74 Å². The minimum Gasteiger partial charge on any atom is -0.443 e. The van der Waals surface area contributed by atoms with Gasteiger partial charge >= 0.3 is 6.09 Å². The number of hydrogen-bond donors (Lipinski definition) is 3. The standard InChI is InChI=1S/C27H23N9O3S/c1-27(2,3)39-26(38)36(18-6-7-19-17(10-18)13-29-34-19)22-8-9-28-23(32-22)16-5-4-15-11-21(31-20(15)12-16)24(37)33-25-35-30-14-40-25/h4-14,31H,1-3H3,(H,29,34)(H,33,35,37). The Morgan fingerprint density at radius 1 is 1.02 bits per heavy atom. The Morgan fingerprint density at radius 2 is 1.90 bits per heavy atom. The Hall–Kier alpha value is -5.17. The number of anilines is 3. The largest absolute Gasteiger partial charge is 0.443 e. The van der Waals surface area contributed by atoms with Crippen LogP contribution in [0.3, 0.4) is 0 Å². The van der Waals surface area contributed by atoms with Crippen molar-refractivity contribution in [3.8, 4) is 11.4 Å². The molecule has 0 spiro atoms. The van der Waals surface area contributed by atoms with E-state index in [1.54, 1.807) is 36.1 Å². The molecule has 13 heteroatoms. The van der Waals surface area contributed by atoms with Crippen LogP contribution in [0.2, 0.25) is 0 Å². The minimum atomic E-state index is -0.719. The van der Waals surface area contributed by atoms with Crippen molar-refractivity contribution in [1.82, 2.24) is 35.3 Å². The van der Waals surface area contributed by atoms with Crippen LogP contribution in [0.4, 0.5) is 21.4 Å². The maximum atomic E-state index is 13.4. The van der Waals surface area contributed by atoms with Crippen LogP contribution >= 0.6 is 11.3 Å². The van der Waals surface area contributed by atoms with Crippen LogP contribution in [0.15, 0.2) is 66.4 Å². The molecule has 6 rings (SSSR count). The number of carbonyl (C=O) groups is 2. The fraction of sp³-hybridized carbons (Fsp3) is 0.148. The number of carbonyl (C=O) groups excluding carboxylic acids is 2. The van der Waals surface area contributed by atoms with E-state index in [9.17, 15) is 9.59 Å². The van der Waals surface area contributed by atoms with Gasteiger partial charge in [0, 0.05) is 28.0 Å². The molecule has 0 aliphatic carbocycles. The number of aromatic amines is 2. The van der Waals surface area contributed by atoms with Crippen LogP contribution in [0, 0.1) is 0 Å². The molecule has 0 saturated carbocycles. The highest BCUT2D eigenvalue weighted by molar-refractivity contribution is 7.13. The molecule has 200 valence electrons. The lowest BCUT2D eigenvalue weighted by molar-refractivity contribution is 0.0598. The highest BCUT2D eigenvalue weighted by atomic mass is 32.1. The summed E-state index contributed by atoms with van der Waals surface area (Å²) < 4.78 is 5.72. The van der Waals surface area contributed by atoms with Gasteiger partial charge in [-0.2, -0.15) is 5.10 Å². The van der Waals surface area contributed by atoms with Gasteiger partial charge < -0.3 is 9.72 Å². The number of ether oxygens (including phenoxy) is 1. The van der Waals surface area contributed by atoms with E-state index in [0.717, 1.165) is 21.8 Å². The number of nitrogens with zero attached hydrogens (tertiary/aromatic N) is 6. The molecule has 2 aromatic carbocycles. The number of benzene rings is 2. The van der Waals surface area contributed by atoms with Gasteiger partial charge in [-0.15, -0.1) is 10.2 Å². The van der Waals surface area contributed by atoms with Gasteiger partial charge in [0.1, 0.15) is 22.6 Å². The molecular weight excluding hydrogens is 530 g/mol. The number of amides is 2. The molecule has 0 saturated heterocycles. The maximum Gasteiger partial charge on any atom is 0.420 e. The van der Waals surface area contributed by atoms with Crippen molar-refractivity contribution in [2.45, 2.75) is 26.4 Å². The fourth-order valence-corrected chi connectivity index (χ4v) is 4.54. The van der Waals surface area contributed by atoms with Gasteiger partial charge in [0.05, 0.1) is 17.4 Å². The zero-order valence-corrected chi connectivity index (χ0v) is 22.5. The number of rotatable bonds is 5. The van der Waals surface area contributed by atoms with Crippen molar-refractivity contribution < 1.29 is 14.3 Å². The van der Waals surface area contributed by atoms with E-state index in [4.69, 9.17) is 9.72 Å². The Bertz CT molecular complexity index is 1850. The van der Waals surface area contributed by atoms with Gasteiger partial charge in [0.25, 0.3) is 5.91 Å². The predicted molar refractivity (Wildman–Crippen MR) is 152 cm³/mol. The lowest BCUT2D eigenvalue weighted by atomic mass is 10.1. The number of nitrogens with one attached hydrogen (secondary N) is 3. The first-order valence-electron chi connectivity index (χ1n) is 12.2. The van der Waals surface area contributed by atoms with E-state index >= 15 is 0 Å². The predicted octanol–water partition coefficient (Wildman–Crippen LogP) is 5.68. The summed E-state index contributed by atoms with van der Waals surface area (Å²) in [5.41, 5.74) is 4.03. The first-order chi connectivity index (χ1) is 19.2. The summed E-state index contributed by atoms with van der Waals surface area (Å²) in [5, 5.41) is 19.4. The van der Waals surface area contributed by atoms with E-state index in [1.165, 1.54) is 16.2 Å². The second kappa shape index (κ2) is 9.85. The van der Waals surface area contributed by atoms with Crippen molar-refractivity contribution in [3.05, 3.63) is 72.1 Å². The number of aromatic nitrogens is 7. The van der Waals surface area contributed by atoms with Crippen LogP contribution in [0.5, 0.6) is 0 Å². The smallest absolute Gasteiger partial charge is 0.420 e. The summed E-state index contributed by atoms with van der Waals surface area (Å²) >= 11 is 1.23. The van der Waals surface area contributed by atoms with Gasteiger partial charge in [0.2, 0.25) is 5.13 Å². The third kappa shape index (κ3) is 5.09. The lowest BCUT2D eigenvalue weighted by Gasteiger charge is -2.27. The molecule has 40 heavy (non-hydrogen) atoms. The quantitative estimate of drug-likeness (QED) is 0.246. The van der Waals surface area contributed by atoms with Crippen molar-refractivity contribution in [2.75, 3.05) is 10.2 Å². The first kappa shape index (κ1) is 25.1. The molecule has 0 aliphatic rings. The molecule has 4 aromatic heterocycles. The SMILES string of the molecule is CC(C)(C)OC(=O)N(c1ccc2[nH]ncc2c1)c1ccnc(-c2ccc3cc(C(=O)Nc4nncs4)[nH]c3c2)n1. The van der Waals surface area contributed by atoms with Gasteiger partial charge in [0.15, 0.2) is 5.82 Å². The normalized spacial score (nSPS) is 11.6. The third-order valence-corrected chi connectivity index (χ3v) is 6.44. The van der Waals surface area contributed by atoms with Gasteiger partial charge in [-0.1, -0.05) is 23.5 Å². The van der Waals surface area contributed by atoms with E-state index in [-0.39, 0.29) is 5.91 Å². The molecule has 4 heterocycles. The van der Waals surface area contributed by atoms with Crippen LogP contribution in [-0.4, -0.2) is 52.9 Å². The number of fused-ring (bicyclic) bond motifs is 2. The molecule has 0 atom stereocenters. The van der Waals surface area contributed by atoms with Gasteiger partial charge in [-0.3, -0.25) is 15.2 Å². The molecule has 2 amide bonds. The van der Waals surface area contributed by atoms with Crippen molar-refractivity contribution in [1.29, 1.82) is 0 Å². The highest BCUT2D eigenvalue weighted by Gasteiger charge is 2.27. The van der Waals surface area contributed by atoms with E-state index in [0.29, 0.717) is 33.7 Å². The summed E-state index contributed by atoms with van der Waals surface area (Å²) in [4.78, 5) is 39.8. The number of hydrogen-bond acceptors (Lipinski definition) is 9. The van der Waals surface area contributed by atoms with E-state index in [2.05, 4.69) is 35.7 Å². The second-order valence-electron chi connectivity index (χ2n) is 9.88. The molecule has 0 fully saturated rings. The van der Waals surface area contributed by atoms with Crippen molar-refractivity contribution in [3.63, 3.8) is 0 Å². The molecule has 3 N–H and O–H groups in total. The zero-order chi connectivity index (χ0) is 27.9. The summed E-state index contributed by atoms with van der Waals surface area (Å²) in [5.74, 6) is 0.410. The highest BCUT2D eigenvalue weighted by Crippen LogP contribution is 2.31. The molecule has 0 radical (unpaired) electrons. The zero-order valence-electron chi connectivity index (χ0n) is 21.7. The second-order valence-corrected chi connectivity index (χ2v) is 10.7. The molecule has 6 aromatic rings. The Kier molecular flexibility index (Phi) is 6.19. The molecular formula is C27H23N9O3S. The summed E-state index contributed by atoms with van der Waals surface area (Å²) in [6.45, 7) is 5.42. The van der Waals surface area contributed by atoms with Crippen LogP contribution in [0.1, 0.15) is 31.3 Å². The monoisotopic (exact) mass is 553 g/mol. The minimum absolute atomic E-state index is 0.324. The Labute approximate surface area is 231 Å². The van der Waals surface area contributed by atoms with E-state index < -0.39 is 11.7 Å². The lowest BCUT2D eigenvalue weighted by Crippen LogP contribution is -2.34.